The van der Waals surface area contributed by atoms with Gasteiger partial charge in [-0.1, -0.05) is 6.07 Å². The molecule has 1 saturated heterocycles. The average molecular weight is 218 g/mol. The van der Waals surface area contributed by atoms with Gasteiger partial charge in [0.1, 0.15) is 0 Å². The molecule has 1 N–H and O–H groups in total. The third-order valence-corrected chi connectivity index (χ3v) is 3.34. The van der Waals surface area contributed by atoms with Crippen LogP contribution in [0.4, 0.5) is 5.69 Å². The van der Waals surface area contributed by atoms with E-state index in [-0.39, 0.29) is 11.8 Å². The second-order valence-corrected chi connectivity index (χ2v) is 4.52. The van der Waals surface area contributed by atoms with E-state index in [1.807, 2.05) is 13.1 Å². The van der Waals surface area contributed by atoms with E-state index in [4.69, 9.17) is 0 Å². The summed E-state index contributed by atoms with van der Waals surface area (Å²) >= 11 is 0. The van der Waals surface area contributed by atoms with E-state index in [1.165, 1.54) is 11.1 Å². The molecule has 0 unspecified atom stereocenters. The molecule has 0 saturated carbocycles. The number of rotatable bonds is 2. The summed E-state index contributed by atoms with van der Waals surface area (Å²) < 4.78 is 0. The fraction of sp³-hybridized carbons (Fsp3) is 0.462. The molecule has 0 aliphatic carbocycles. The predicted octanol–water partition coefficient (Wildman–Crippen LogP) is 1.49. The maximum atomic E-state index is 12.0. The van der Waals surface area contributed by atoms with E-state index >= 15 is 0 Å². The molecule has 0 atom stereocenters. The third kappa shape index (κ3) is 1.95. The van der Waals surface area contributed by atoms with E-state index < -0.39 is 0 Å². The highest BCUT2D eigenvalue weighted by molar-refractivity contribution is 5.95. The van der Waals surface area contributed by atoms with Gasteiger partial charge in [-0.3, -0.25) is 4.79 Å². The lowest BCUT2D eigenvalue weighted by atomic mass is 10.0. The summed E-state index contributed by atoms with van der Waals surface area (Å²) in [5, 5.41) is 3.12. The second-order valence-electron chi connectivity index (χ2n) is 4.52. The topological polar surface area (TPSA) is 32.3 Å². The number of amides is 1. The van der Waals surface area contributed by atoms with Crippen molar-refractivity contribution in [3.63, 3.8) is 0 Å². The minimum absolute atomic E-state index is 0.159. The van der Waals surface area contributed by atoms with Gasteiger partial charge in [0.25, 0.3) is 0 Å². The van der Waals surface area contributed by atoms with Gasteiger partial charge in [0.2, 0.25) is 5.91 Å². The Kier molecular flexibility index (Phi) is 2.97. The van der Waals surface area contributed by atoms with Crippen molar-refractivity contribution in [3.05, 3.63) is 29.3 Å². The molecule has 1 aromatic carbocycles. The van der Waals surface area contributed by atoms with Crippen molar-refractivity contribution in [1.82, 2.24) is 5.32 Å². The van der Waals surface area contributed by atoms with Crippen LogP contribution in [0.2, 0.25) is 0 Å². The Hall–Kier alpha value is -1.35. The van der Waals surface area contributed by atoms with Crippen LogP contribution < -0.4 is 10.2 Å². The SMILES string of the molecule is Cc1ccc(N(C)C(=O)C2CNC2)cc1C. The van der Waals surface area contributed by atoms with Crippen molar-refractivity contribution in [1.29, 1.82) is 0 Å². The van der Waals surface area contributed by atoms with Gasteiger partial charge in [-0.25, -0.2) is 0 Å². The maximum absolute atomic E-state index is 12.0. The van der Waals surface area contributed by atoms with Crippen LogP contribution in [0.5, 0.6) is 0 Å². The first-order valence-corrected chi connectivity index (χ1v) is 5.65. The molecule has 3 heteroatoms. The van der Waals surface area contributed by atoms with Crippen LogP contribution in [-0.2, 0) is 4.79 Å². The zero-order chi connectivity index (χ0) is 11.7. The lowest BCUT2D eigenvalue weighted by molar-refractivity contribution is -0.123. The summed E-state index contributed by atoms with van der Waals surface area (Å²) in [6.45, 7) is 5.78. The maximum Gasteiger partial charge on any atom is 0.232 e. The summed E-state index contributed by atoms with van der Waals surface area (Å²) in [5.74, 6) is 0.369. The van der Waals surface area contributed by atoms with Gasteiger partial charge in [0.15, 0.2) is 0 Å². The van der Waals surface area contributed by atoms with Crippen LogP contribution in [0, 0.1) is 19.8 Å². The number of aryl methyl sites for hydroxylation is 2. The summed E-state index contributed by atoms with van der Waals surface area (Å²) in [7, 11) is 1.85. The molecule has 86 valence electrons. The van der Waals surface area contributed by atoms with Crippen molar-refractivity contribution < 1.29 is 4.79 Å². The van der Waals surface area contributed by atoms with Crippen molar-refractivity contribution >= 4 is 11.6 Å². The van der Waals surface area contributed by atoms with E-state index in [0.717, 1.165) is 18.8 Å². The molecule has 1 amide bonds. The zero-order valence-electron chi connectivity index (χ0n) is 10.1. The number of carbonyl (C=O) groups excluding carboxylic acids is 1. The van der Waals surface area contributed by atoms with Gasteiger partial charge in [-0.05, 0) is 37.1 Å². The smallest absolute Gasteiger partial charge is 0.232 e. The normalized spacial score (nSPS) is 15.7. The monoisotopic (exact) mass is 218 g/mol. The lowest BCUT2D eigenvalue weighted by Crippen LogP contribution is -2.51. The molecule has 1 aliphatic rings. The van der Waals surface area contributed by atoms with Gasteiger partial charge >= 0.3 is 0 Å². The predicted molar refractivity (Wildman–Crippen MR) is 65.7 cm³/mol. The number of nitrogens with zero attached hydrogens (tertiary/aromatic N) is 1. The van der Waals surface area contributed by atoms with Crippen LogP contribution in [-0.4, -0.2) is 26.0 Å². The van der Waals surface area contributed by atoms with Crippen LogP contribution in [0.15, 0.2) is 18.2 Å². The van der Waals surface area contributed by atoms with Crippen LogP contribution in [0.1, 0.15) is 11.1 Å². The van der Waals surface area contributed by atoms with Crippen LogP contribution in [0.3, 0.4) is 0 Å². The number of carbonyl (C=O) groups is 1. The minimum atomic E-state index is 0.159. The number of nitrogens with one attached hydrogen (secondary N) is 1. The summed E-state index contributed by atoms with van der Waals surface area (Å²) in [6, 6.07) is 6.14. The standard InChI is InChI=1S/C13H18N2O/c1-9-4-5-12(6-10(9)2)15(3)13(16)11-7-14-8-11/h4-6,11,14H,7-8H2,1-3H3. The van der Waals surface area contributed by atoms with Gasteiger partial charge in [0, 0.05) is 25.8 Å². The number of hydrogen-bond acceptors (Lipinski definition) is 2. The Morgan fingerprint density at radius 2 is 2.00 bits per heavy atom. The molecule has 0 bridgehead atoms. The highest BCUT2D eigenvalue weighted by Gasteiger charge is 2.28. The number of benzene rings is 1. The van der Waals surface area contributed by atoms with Gasteiger partial charge in [-0.2, -0.15) is 0 Å². The Morgan fingerprint density at radius 1 is 1.31 bits per heavy atom. The molecule has 1 aromatic rings. The molecule has 3 nitrogen and oxygen atoms in total. The van der Waals surface area contributed by atoms with Crippen LogP contribution >= 0.6 is 0 Å². The second kappa shape index (κ2) is 4.26. The third-order valence-electron chi connectivity index (χ3n) is 3.34. The fourth-order valence-electron chi connectivity index (χ4n) is 1.80. The van der Waals surface area contributed by atoms with Crippen molar-refractivity contribution in [2.75, 3.05) is 25.0 Å². The van der Waals surface area contributed by atoms with Crippen molar-refractivity contribution in [2.24, 2.45) is 5.92 Å². The molecule has 2 rings (SSSR count). The first-order valence-electron chi connectivity index (χ1n) is 5.65. The summed E-state index contributed by atoms with van der Waals surface area (Å²) in [6.07, 6.45) is 0. The molecular formula is C13H18N2O. The average Bonchev–Trinajstić information content (AvgIpc) is 2.18. The molecule has 16 heavy (non-hydrogen) atoms. The summed E-state index contributed by atoms with van der Waals surface area (Å²) in [4.78, 5) is 13.8. The molecule has 0 aromatic heterocycles. The molecule has 1 heterocycles. The first-order chi connectivity index (χ1) is 7.59. The minimum Gasteiger partial charge on any atom is -0.315 e. The fourth-order valence-corrected chi connectivity index (χ4v) is 1.80. The van der Waals surface area contributed by atoms with Gasteiger partial charge in [-0.15, -0.1) is 0 Å². The summed E-state index contributed by atoms with van der Waals surface area (Å²) in [5.41, 5.74) is 3.47. The number of hydrogen-bond donors (Lipinski definition) is 1. The Labute approximate surface area is 96.5 Å². The molecular weight excluding hydrogens is 200 g/mol. The van der Waals surface area contributed by atoms with Crippen LogP contribution in [0.25, 0.3) is 0 Å². The number of anilines is 1. The molecule has 0 spiro atoms. The molecule has 0 radical (unpaired) electrons. The molecule has 1 aliphatic heterocycles. The molecule has 1 fully saturated rings. The quantitative estimate of drug-likeness (QED) is 0.815. The van der Waals surface area contributed by atoms with E-state index in [2.05, 4.69) is 31.3 Å². The van der Waals surface area contributed by atoms with Crippen molar-refractivity contribution in [3.8, 4) is 0 Å². The van der Waals surface area contributed by atoms with Gasteiger partial charge in [0.05, 0.1) is 5.92 Å². The van der Waals surface area contributed by atoms with E-state index in [9.17, 15) is 4.79 Å². The Bertz CT molecular complexity index is 410. The highest BCUT2D eigenvalue weighted by Crippen LogP contribution is 2.20. The Balaban J connectivity index is 2.16. The van der Waals surface area contributed by atoms with E-state index in [1.54, 1.807) is 4.90 Å². The lowest BCUT2D eigenvalue weighted by Gasteiger charge is -2.30. The van der Waals surface area contributed by atoms with E-state index in [0.29, 0.717) is 0 Å². The zero-order valence-corrected chi connectivity index (χ0v) is 10.1. The Morgan fingerprint density at radius 3 is 2.50 bits per heavy atom. The van der Waals surface area contributed by atoms with Gasteiger partial charge < -0.3 is 10.2 Å². The largest absolute Gasteiger partial charge is 0.315 e. The highest BCUT2D eigenvalue weighted by atomic mass is 16.2. The first kappa shape index (κ1) is 11.1. The van der Waals surface area contributed by atoms with Crippen molar-refractivity contribution in [2.45, 2.75) is 13.8 Å².